The van der Waals surface area contributed by atoms with Gasteiger partial charge in [0, 0.05) is 18.6 Å². The maximum Gasteiger partial charge on any atom is 0.123 e. The molecule has 0 aliphatic heterocycles. The Morgan fingerprint density at radius 2 is 2.05 bits per heavy atom. The molecule has 108 valence electrons. The lowest BCUT2D eigenvalue weighted by atomic mass is 9.95. The third kappa shape index (κ3) is 4.27. The summed E-state index contributed by atoms with van der Waals surface area (Å²) in [7, 11) is 0. The SMILES string of the molecule is CCC(N)C(c1cccc(F)c1)N(CCO)C(C)C. The van der Waals surface area contributed by atoms with Crippen molar-refractivity contribution in [3.63, 3.8) is 0 Å². The van der Waals surface area contributed by atoms with Crippen LogP contribution >= 0.6 is 0 Å². The number of hydrogen-bond acceptors (Lipinski definition) is 3. The van der Waals surface area contributed by atoms with Gasteiger partial charge in [0.05, 0.1) is 12.6 Å². The number of halogens is 1. The van der Waals surface area contributed by atoms with Crippen LogP contribution in [-0.4, -0.2) is 35.2 Å². The van der Waals surface area contributed by atoms with E-state index in [-0.39, 0.29) is 30.5 Å². The second-order valence-corrected chi connectivity index (χ2v) is 5.13. The van der Waals surface area contributed by atoms with Gasteiger partial charge in [-0.05, 0) is 38.0 Å². The lowest BCUT2D eigenvalue weighted by molar-refractivity contribution is 0.101. The van der Waals surface area contributed by atoms with E-state index >= 15 is 0 Å². The molecule has 0 aliphatic carbocycles. The average Bonchev–Trinajstić information content (AvgIpc) is 2.37. The molecule has 0 fully saturated rings. The van der Waals surface area contributed by atoms with Crippen molar-refractivity contribution in [2.75, 3.05) is 13.2 Å². The predicted octanol–water partition coefficient (Wildman–Crippen LogP) is 2.31. The lowest BCUT2D eigenvalue weighted by Gasteiger charge is -2.38. The second-order valence-electron chi connectivity index (χ2n) is 5.13. The number of aliphatic hydroxyl groups excluding tert-OH is 1. The van der Waals surface area contributed by atoms with Crippen molar-refractivity contribution < 1.29 is 9.50 Å². The molecule has 0 saturated heterocycles. The molecule has 0 spiro atoms. The molecule has 1 aromatic carbocycles. The summed E-state index contributed by atoms with van der Waals surface area (Å²) in [4.78, 5) is 2.13. The van der Waals surface area contributed by atoms with E-state index in [2.05, 4.69) is 18.7 Å². The smallest absolute Gasteiger partial charge is 0.123 e. The molecule has 2 atom stereocenters. The summed E-state index contributed by atoms with van der Waals surface area (Å²) in [5.41, 5.74) is 7.09. The Labute approximate surface area is 115 Å². The number of benzene rings is 1. The first-order valence-corrected chi connectivity index (χ1v) is 6.88. The van der Waals surface area contributed by atoms with Crippen molar-refractivity contribution in [3.8, 4) is 0 Å². The van der Waals surface area contributed by atoms with Gasteiger partial charge in [0.25, 0.3) is 0 Å². The van der Waals surface area contributed by atoms with E-state index < -0.39 is 0 Å². The highest BCUT2D eigenvalue weighted by molar-refractivity contribution is 5.22. The highest BCUT2D eigenvalue weighted by Crippen LogP contribution is 2.27. The van der Waals surface area contributed by atoms with Gasteiger partial charge in [-0.3, -0.25) is 4.90 Å². The molecular weight excluding hydrogens is 243 g/mol. The fraction of sp³-hybridized carbons (Fsp3) is 0.600. The molecule has 0 bridgehead atoms. The second kappa shape index (κ2) is 7.58. The van der Waals surface area contributed by atoms with Crippen LogP contribution in [0.1, 0.15) is 38.8 Å². The van der Waals surface area contributed by atoms with Crippen molar-refractivity contribution in [2.24, 2.45) is 5.73 Å². The van der Waals surface area contributed by atoms with Crippen LogP contribution in [-0.2, 0) is 0 Å². The monoisotopic (exact) mass is 268 g/mol. The van der Waals surface area contributed by atoms with Crippen LogP contribution in [0, 0.1) is 5.82 Å². The van der Waals surface area contributed by atoms with Gasteiger partial charge in [0.15, 0.2) is 0 Å². The first-order chi connectivity index (χ1) is 9.01. The summed E-state index contributed by atoms with van der Waals surface area (Å²) in [6, 6.07) is 6.64. The highest BCUT2D eigenvalue weighted by atomic mass is 19.1. The normalized spacial score (nSPS) is 14.9. The van der Waals surface area contributed by atoms with Crippen LogP contribution < -0.4 is 5.73 Å². The summed E-state index contributed by atoms with van der Waals surface area (Å²) < 4.78 is 13.4. The van der Waals surface area contributed by atoms with Crippen molar-refractivity contribution in [2.45, 2.75) is 45.3 Å². The predicted molar refractivity (Wildman–Crippen MR) is 76.3 cm³/mol. The fourth-order valence-electron chi connectivity index (χ4n) is 2.43. The van der Waals surface area contributed by atoms with Gasteiger partial charge in [-0.15, -0.1) is 0 Å². The summed E-state index contributed by atoms with van der Waals surface area (Å²) in [6.07, 6.45) is 0.801. The van der Waals surface area contributed by atoms with Crippen LogP contribution in [0.3, 0.4) is 0 Å². The molecule has 0 radical (unpaired) electrons. The lowest BCUT2D eigenvalue weighted by Crippen LogP contribution is -2.45. The maximum atomic E-state index is 13.4. The van der Waals surface area contributed by atoms with Gasteiger partial charge in [-0.25, -0.2) is 4.39 Å². The highest BCUT2D eigenvalue weighted by Gasteiger charge is 2.27. The molecule has 1 aromatic rings. The molecular formula is C15H25FN2O. The molecule has 3 N–H and O–H groups in total. The van der Waals surface area contributed by atoms with Gasteiger partial charge < -0.3 is 10.8 Å². The topological polar surface area (TPSA) is 49.5 Å². The molecule has 4 heteroatoms. The maximum absolute atomic E-state index is 13.4. The van der Waals surface area contributed by atoms with Gasteiger partial charge in [0.1, 0.15) is 5.82 Å². The van der Waals surface area contributed by atoms with Crippen molar-refractivity contribution in [1.29, 1.82) is 0 Å². The average molecular weight is 268 g/mol. The number of hydrogen-bond donors (Lipinski definition) is 2. The van der Waals surface area contributed by atoms with Crippen molar-refractivity contribution in [1.82, 2.24) is 4.90 Å². The number of nitrogens with zero attached hydrogens (tertiary/aromatic N) is 1. The Kier molecular flexibility index (Phi) is 6.42. The van der Waals surface area contributed by atoms with Crippen LogP contribution in [0.2, 0.25) is 0 Å². The zero-order chi connectivity index (χ0) is 14.4. The van der Waals surface area contributed by atoms with E-state index in [0.29, 0.717) is 6.54 Å². The minimum atomic E-state index is -0.251. The molecule has 2 unspecified atom stereocenters. The fourth-order valence-corrected chi connectivity index (χ4v) is 2.43. The van der Waals surface area contributed by atoms with E-state index in [1.54, 1.807) is 6.07 Å². The zero-order valence-electron chi connectivity index (χ0n) is 12.0. The van der Waals surface area contributed by atoms with Gasteiger partial charge in [-0.2, -0.15) is 0 Å². The molecule has 19 heavy (non-hydrogen) atoms. The Morgan fingerprint density at radius 1 is 1.37 bits per heavy atom. The van der Waals surface area contributed by atoms with Crippen molar-refractivity contribution in [3.05, 3.63) is 35.6 Å². The summed E-state index contributed by atoms with van der Waals surface area (Å²) in [5.74, 6) is -0.251. The van der Waals surface area contributed by atoms with Gasteiger partial charge >= 0.3 is 0 Å². The number of rotatable bonds is 7. The first-order valence-electron chi connectivity index (χ1n) is 6.88. The largest absolute Gasteiger partial charge is 0.395 e. The standard InChI is InChI=1S/C15H25FN2O/c1-4-14(17)15(18(8-9-19)11(2)3)12-6-5-7-13(16)10-12/h5-7,10-11,14-15,19H,4,8-9,17H2,1-3H3. The Hall–Kier alpha value is -0.970. The molecule has 0 aromatic heterocycles. The number of nitrogens with two attached hydrogens (primary N) is 1. The van der Waals surface area contributed by atoms with E-state index in [1.165, 1.54) is 12.1 Å². The third-order valence-electron chi connectivity index (χ3n) is 3.45. The molecule has 0 saturated carbocycles. The summed E-state index contributed by atoms with van der Waals surface area (Å²) in [6.45, 7) is 6.75. The third-order valence-corrected chi connectivity index (χ3v) is 3.45. The zero-order valence-corrected chi connectivity index (χ0v) is 12.0. The van der Waals surface area contributed by atoms with E-state index in [9.17, 15) is 9.50 Å². The van der Waals surface area contributed by atoms with Crippen LogP contribution in [0.4, 0.5) is 4.39 Å². The van der Waals surface area contributed by atoms with Gasteiger partial charge in [-0.1, -0.05) is 19.1 Å². The Morgan fingerprint density at radius 3 is 2.53 bits per heavy atom. The molecule has 0 aliphatic rings. The molecule has 0 amide bonds. The minimum absolute atomic E-state index is 0.0699. The quantitative estimate of drug-likeness (QED) is 0.798. The Bertz CT molecular complexity index is 384. The van der Waals surface area contributed by atoms with E-state index in [1.807, 2.05) is 13.0 Å². The molecule has 3 nitrogen and oxygen atoms in total. The Balaban J connectivity index is 3.12. The molecule has 0 heterocycles. The van der Waals surface area contributed by atoms with Gasteiger partial charge in [0.2, 0.25) is 0 Å². The number of aliphatic hydroxyl groups is 1. The van der Waals surface area contributed by atoms with Crippen LogP contribution in [0.25, 0.3) is 0 Å². The van der Waals surface area contributed by atoms with E-state index in [4.69, 9.17) is 5.73 Å². The first kappa shape index (κ1) is 16.1. The summed E-state index contributed by atoms with van der Waals surface area (Å²) >= 11 is 0. The minimum Gasteiger partial charge on any atom is -0.395 e. The van der Waals surface area contributed by atoms with Crippen molar-refractivity contribution >= 4 is 0 Å². The molecule has 1 rings (SSSR count). The van der Waals surface area contributed by atoms with E-state index in [0.717, 1.165) is 12.0 Å². The summed E-state index contributed by atoms with van der Waals surface area (Å²) in [5, 5.41) is 9.23. The van der Waals surface area contributed by atoms with Crippen LogP contribution in [0.15, 0.2) is 24.3 Å². The van der Waals surface area contributed by atoms with Crippen LogP contribution in [0.5, 0.6) is 0 Å².